The summed E-state index contributed by atoms with van der Waals surface area (Å²) >= 11 is 18.0. The first kappa shape index (κ1) is 16.1. The molecule has 118 valence electrons. The van der Waals surface area contributed by atoms with Crippen molar-refractivity contribution < 1.29 is 9.53 Å². The molecule has 0 bridgehead atoms. The minimum absolute atomic E-state index is 0.245. The van der Waals surface area contributed by atoms with E-state index in [1.165, 1.54) is 11.9 Å². The molecule has 0 aliphatic carbocycles. The monoisotopic (exact) mass is 368 g/mol. The highest BCUT2D eigenvalue weighted by atomic mass is 35.5. The molecule has 0 radical (unpaired) electrons. The van der Waals surface area contributed by atoms with Crippen molar-refractivity contribution in [1.29, 1.82) is 0 Å². The minimum atomic E-state index is -0.661. The summed E-state index contributed by atoms with van der Waals surface area (Å²) in [6.07, 6.45) is -0.661. The van der Waals surface area contributed by atoms with Crippen LogP contribution in [0.2, 0.25) is 15.1 Å². The van der Waals surface area contributed by atoms with E-state index < -0.39 is 6.23 Å². The Kier molecular flexibility index (Phi) is 4.48. The summed E-state index contributed by atoms with van der Waals surface area (Å²) in [5, 5.41) is 7.02. The maximum Gasteiger partial charge on any atom is 0.243 e. The van der Waals surface area contributed by atoms with Crippen molar-refractivity contribution in [1.82, 2.24) is 5.01 Å². The molecule has 0 unspecified atom stereocenters. The molecule has 0 N–H and O–H groups in total. The van der Waals surface area contributed by atoms with Gasteiger partial charge in [0.1, 0.15) is 0 Å². The number of carbonyl (C=O) groups excluding carboxylic acids is 1. The quantitative estimate of drug-likeness (QED) is 0.756. The summed E-state index contributed by atoms with van der Waals surface area (Å²) in [4.78, 5) is 11.9. The predicted molar refractivity (Wildman–Crippen MR) is 90.8 cm³/mol. The number of rotatable bonds is 2. The molecule has 7 heteroatoms. The fourth-order valence-electron chi connectivity index (χ4n) is 2.18. The zero-order valence-electron chi connectivity index (χ0n) is 12.0. The van der Waals surface area contributed by atoms with Crippen LogP contribution in [0.15, 0.2) is 47.6 Å². The van der Waals surface area contributed by atoms with E-state index in [1.54, 1.807) is 42.5 Å². The van der Waals surface area contributed by atoms with E-state index in [0.717, 1.165) is 5.56 Å². The van der Waals surface area contributed by atoms with E-state index in [4.69, 9.17) is 39.5 Å². The molecule has 0 fully saturated rings. The fourth-order valence-corrected chi connectivity index (χ4v) is 2.80. The van der Waals surface area contributed by atoms with E-state index >= 15 is 0 Å². The first-order valence-electron chi connectivity index (χ1n) is 6.71. The van der Waals surface area contributed by atoms with Gasteiger partial charge in [0.2, 0.25) is 18.0 Å². The molecule has 4 nitrogen and oxygen atoms in total. The largest absolute Gasteiger partial charge is 0.446 e. The summed E-state index contributed by atoms with van der Waals surface area (Å²) in [6.45, 7) is 1.42. The standard InChI is InChI=1S/C16H11Cl3N2O2/c1-9(22)21-16(10-2-4-11(17)5-3-10)23-15(20-21)13-7-6-12(18)8-14(13)19/h2-8,16H,1H3/t16-/m1/s1. The molecule has 1 atom stereocenters. The van der Waals surface area contributed by atoms with Crippen LogP contribution in [0.3, 0.4) is 0 Å². The van der Waals surface area contributed by atoms with Crippen LogP contribution in [0.5, 0.6) is 0 Å². The van der Waals surface area contributed by atoms with Gasteiger partial charge >= 0.3 is 0 Å². The smallest absolute Gasteiger partial charge is 0.243 e. The number of nitrogens with zero attached hydrogens (tertiary/aromatic N) is 2. The SMILES string of the molecule is CC(=O)N1N=C(c2ccc(Cl)cc2Cl)O[C@@H]1c1ccc(Cl)cc1. The molecule has 1 aliphatic heterocycles. The summed E-state index contributed by atoms with van der Waals surface area (Å²) < 4.78 is 5.85. The van der Waals surface area contributed by atoms with Gasteiger partial charge in [-0.15, -0.1) is 5.10 Å². The van der Waals surface area contributed by atoms with E-state index in [-0.39, 0.29) is 11.8 Å². The van der Waals surface area contributed by atoms with Gasteiger partial charge < -0.3 is 4.74 Å². The van der Waals surface area contributed by atoms with Gasteiger partial charge in [0, 0.05) is 22.5 Å². The minimum Gasteiger partial charge on any atom is -0.446 e. The van der Waals surface area contributed by atoms with Crippen LogP contribution in [-0.4, -0.2) is 16.8 Å². The van der Waals surface area contributed by atoms with Crippen LogP contribution in [0.25, 0.3) is 0 Å². The molecule has 0 aromatic heterocycles. The number of carbonyl (C=O) groups is 1. The van der Waals surface area contributed by atoms with Gasteiger partial charge in [0.15, 0.2) is 0 Å². The lowest BCUT2D eigenvalue weighted by Crippen LogP contribution is -2.25. The van der Waals surface area contributed by atoms with Crippen molar-refractivity contribution in [2.45, 2.75) is 13.2 Å². The van der Waals surface area contributed by atoms with E-state index in [9.17, 15) is 4.79 Å². The average molecular weight is 370 g/mol. The lowest BCUT2D eigenvalue weighted by atomic mass is 10.2. The van der Waals surface area contributed by atoms with Crippen LogP contribution in [0.1, 0.15) is 24.3 Å². The first-order chi connectivity index (χ1) is 11.0. The van der Waals surface area contributed by atoms with Crippen molar-refractivity contribution in [3.63, 3.8) is 0 Å². The lowest BCUT2D eigenvalue weighted by Gasteiger charge is -2.19. The van der Waals surface area contributed by atoms with Crippen LogP contribution in [-0.2, 0) is 9.53 Å². The van der Waals surface area contributed by atoms with Crippen LogP contribution in [0, 0.1) is 0 Å². The second-order valence-electron chi connectivity index (χ2n) is 4.91. The highest BCUT2D eigenvalue weighted by Crippen LogP contribution is 2.33. The van der Waals surface area contributed by atoms with Crippen molar-refractivity contribution in [3.8, 4) is 0 Å². The lowest BCUT2D eigenvalue weighted by molar-refractivity contribution is -0.135. The number of benzene rings is 2. The van der Waals surface area contributed by atoms with Gasteiger partial charge in [-0.2, -0.15) is 5.01 Å². The molecule has 2 aromatic carbocycles. The molecule has 1 aliphatic rings. The summed E-state index contributed by atoms with van der Waals surface area (Å²) in [7, 11) is 0. The number of halogens is 3. The van der Waals surface area contributed by atoms with Gasteiger partial charge in [0.25, 0.3) is 0 Å². The zero-order valence-corrected chi connectivity index (χ0v) is 14.2. The Morgan fingerprint density at radius 2 is 1.74 bits per heavy atom. The number of ether oxygens (including phenoxy) is 1. The molecule has 23 heavy (non-hydrogen) atoms. The third kappa shape index (κ3) is 3.29. The van der Waals surface area contributed by atoms with Crippen molar-refractivity contribution in [2.24, 2.45) is 5.10 Å². The third-order valence-electron chi connectivity index (χ3n) is 3.28. The zero-order chi connectivity index (χ0) is 16.6. The number of amides is 1. The van der Waals surface area contributed by atoms with Crippen LogP contribution < -0.4 is 0 Å². The molecule has 0 saturated carbocycles. The van der Waals surface area contributed by atoms with Gasteiger partial charge in [0.05, 0.1) is 10.6 Å². The fraction of sp³-hybridized carbons (Fsp3) is 0.125. The molecular formula is C16H11Cl3N2O2. The Labute approximate surface area is 148 Å². The second-order valence-corrected chi connectivity index (χ2v) is 6.19. The van der Waals surface area contributed by atoms with Gasteiger partial charge in [-0.25, -0.2) is 0 Å². The molecule has 0 saturated heterocycles. The second kappa shape index (κ2) is 6.40. The van der Waals surface area contributed by atoms with E-state index in [0.29, 0.717) is 20.6 Å². The Hall–Kier alpha value is -1.75. The highest BCUT2D eigenvalue weighted by Gasteiger charge is 2.33. The molecule has 1 heterocycles. The molecule has 2 aromatic rings. The van der Waals surface area contributed by atoms with Gasteiger partial charge in [-0.1, -0.05) is 46.9 Å². The Morgan fingerprint density at radius 3 is 2.35 bits per heavy atom. The molecular weight excluding hydrogens is 359 g/mol. The first-order valence-corrected chi connectivity index (χ1v) is 7.85. The molecule has 0 spiro atoms. The van der Waals surface area contributed by atoms with Crippen LogP contribution >= 0.6 is 34.8 Å². The maximum absolute atomic E-state index is 11.9. The summed E-state index contributed by atoms with van der Waals surface area (Å²) in [6, 6.07) is 12.0. The number of hydrogen-bond acceptors (Lipinski definition) is 3. The van der Waals surface area contributed by atoms with Crippen molar-refractivity contribution in [3.05, 3.63) is 68.7 Å². The number of hydrazone groups is 1. The maximum atomic E-state index is 11.9. The van der Waals surface area contributed by atoms with Crippen molar-refractivity contribution in [2.75, 3.05) is 0 Å². The predicted octanol–water partition coefficient (Wildman–Crippen LogP) is 4.89. The Morgan fingerprint density at radius 1 is 1.09 bits per heavy atom. The molecule has 3 rings (SSSR count). The Balaban J connectivity index is 1.97. The van der Waals surface area contributed by atoms with Crippen molar-refractivity contribution >= 4 is 46.6 Å². The average Bonchev–Trinajstić information content (AvgIpc) is 2.93. The summed E-state index contributed by atoms with van der Waals surface area (Å²) in [5.74, 6) is 0.0202. The van der Waals surface area contributed by atoms with Crippen LogP contribution in [0.4, 0.5) is 0 Å². The third-order valence-corrected chi connectivity index (χ3v) is 4.08. The van der Waals surface area contributed by atoms with Gasteiger partial charge in [-0.05, 0) is 30.3 Å². The normalized spacial score (nSPS) is 17.0. The van der Waals surface area contributed by atoms with E-state index in [1.807, 2.05) is 0 Å². The number of hydrogen-bond donors (Lipinski definition) is 0. The molecule has 1 amide bonds. The Bertz CT molecular complexity index is 790. The summed E-state index contributed by atoms with van der Waals surface area (Å²) in [5.41, 5.74) is 1.33. The van der Waals surface area contributed by atoms with E-state index in [2.05, 4.69) is 5.10 Å². The highest BCUT2D eigenvalue weighted by molar-refractivity contribution is 6.36. The topological polar surface area (TPSA) is 41.9 Å². The van der Waals surface area contributed by atoms with Gasteiger partial charge in [-0.3, -0.25) is 4.79 Å².